The van der Waals surface area contributed by atoms with Gasteiger partial charge in [0.25, 0.3) is 0 Å². The van der Waals surface area contributed by atoms with Crippen molar-refractivity contribution in [2.45, 2.75) is 24.4 Å². The molecule has 2 aliphatic rings. The molecule has 0 spiro atoms. The summed E-state index contributed by atoms with van der Waals surface area (Å²) in [5, 5.41) is 0. The van der Waals surface area contributed by atoms with Gasteiger partial charge in [-0.2, -0.15) is 0 Å². The van der Waals surface area contributed by atoms with Crippen molar-refractivity contribution in [1.82, 2.24) is 0 Å². The molecule has 2 atom stereocenters. The number of hydrogen-bond acceptors (Lipinski definition) is 5. The highest BCUT2D eigenvalue weighted by Crippen LogP contribution is 2.31. The normalized spacial score (nSPS) is 25.8. The summed E-state index contributed by atoms with van der Waals surface area (Å²) in [6.45, 7) is 0.0103. The van der Waals surface area contributed by atoms with Crippen LogP contribution in [0, 0.1) is 24.1 Å². The third-order valence-electron chi connectivity index (χ3n) is 4.22. The van der Waals surface area contributed by atoms with Gasteiger partial charge in [-0.3, -0.25) is 4.74 Å². The van der Waals surface area contributed by atoms with E-state index < -0.39 is 11.6 Å². The zero-order valence-corrected chi connectivity index (χ0v) is 14.6. The molecule has 2 aromatic carbocycles. The predicted octanol–water partition coefficient (Wildman–Crippen LogP) is 2.81. The average molecular weight is 362 g/mol. The SMILES string of the molecule is C1#CC(Cc2ccccc2)(OC2(Cc3ccccc3)C#COCO2)OCO1. The molecule has 0 N–H and O–H groups in total. The summed E-state index contributed by atoms with van der Waals surface area (Å²) in [4.78, 5) is 0. The van der Waals surface area contributed by atoms with Crippen LogP contribution in [0.4, 0.5) is 0 Å². The second-order valence-corrected chi connectivity index (χ2v) is 6.20. The Hall–Kier alpha value is -2.96. The minimum atomic E-state index is -1.24. The monoisotopic (exact) mass is 362 g/mol. The molecule has 2 aromatic rings. The topological polar surface area (TPSA) is 46.2 Å². The van der Waals surface area contributed by atoms with Gasteiger partial charge in [-0.15, -0.1) is 0 Å². The lowest BCUT2D eigenvalue weighted by atomic mass is 10.0. The van der Waals surface area contributed by atoms with Gasteiger partial charge in [0.05, 0.1) is 0 Å². The number of hydrogen-bond donors (Lipinski definition) is 0. The molecule has 0 aromatic heterocycles. The maximum Gasteiger partial charge on any atom is 0.247 e. The number of ether oxygens (including phenoxy) is 5. The van der Waals surface area contributed by atoms with Gasteiger partial charge in [-0.25, -0.2) is 0 Å². The third-order valence-corrected chi connectivity index (χ3v) is 4.22. The van der Waals surface area contributed by atoms with E-state index in [-0.39, 0.29) is 13.6 Å². The fourth-order valence-corrected chi connectivity index (χ4v) is 2.98. The summed E-state index contributed by atoms with van der Waals surface area (Å²) in [5.74, 6) is 3.40. The quantitative estimate of drug-likeness (QED) is 0.740. The minimum absolute atomic E-state index is 0.00514. The van der Waals surface area contributed by atoms with E-state index in [0.717, 1.165) is 11.1 Å². The molecular formula is C22H18O5. The van der Waals surface area contributed by atoms with Gasteiger partial charge in [0.15, 0.2) is 0 Å². The Kier molecular flexibility index (Phi) is 5.00. The summed E-state index contributed by atoms with van der Waals surface area (Å²) in [7, 11) is 0. The molecule has 0 aliphatic carbocycles. The maximum absolute atomic E-state index is 6.36. The minimum Gasteiger partial charge on any atom is -0.417 e. The largest absolute Gasteiger partial charge is 0.417 e. The summed E-state index contributed by atoms with van der Waals surface area (Å²) < 4.78 is 28.1. The Bertz CT molecular complexity index is 815. The molecule has 136 valence electrons. The van der Waals surface area contributed by atoms with Crippen molar-refractivity contribution in [1.29, 1.82) is 0 Å². The first-order valence-corrected chi connectivity index (χ1v) is 8.62. The summed E-state index contributed by atoms with van der Waals surface area (Å²) in [6, 6.07) is 19.7. The van der Waals surface area contributed by atoms with Crippen molar-refractivity contribution in [3.63, 3.8) is 0 Å². The average Bonchev–Trinajstić information content (AvgIpc) is 2.70. The Balaban J connectivity index is 1.66. The molecule has 5 heteroatoms. The Morgan fingerprint density at radius 2 is 1.15 bits per heavy atom. The van der Waals surface area contributed by atoms with Crippen LogP contribution >= 0.6 is 0 Å². The number of rotatable bonds is 6. The van der Waals surface area contributed by atoms with Crippen LogP contribution < -0.4 is 0 Å². The Morgan fingerprint density at radius 1 is 0.704 bits per heavy atom. The summed E-state index contributed by atoms with van der Waals surface area (Å²) in [5.41, 5.74) is 2.03. The molecule has 27 heavy (non-hydrogen) atoms. The maximum atomic E-state index is 6.36. The van der Waals surface area contributed by atoms with Gasteiger partial charge in [0.1, 0.15) is 12.2 Å². The lowest BCUT2D eigenvalue weighted by Gasteiger charge is -2.39. The van der Waals surface area contributed by atoms with Crippen LogP contribution in [0.3, 0.4) is 0 Å². The van der Waals surface area contributed by atoms with E-state index in [1.165, 1.54) is 0 Å². The van der Waals surface area contributed by atoms with E-state index >= 15 is 0 Å². The van der Waals surface area contributed by atoms with E-state index in [0.29, 0.717) is 12.8 Å². The fourth-order valence-electron chi connectivity index (χ4n) is 2.98. The lowest BCUT2D eigenvalue weighted by molar-refractivity contribution is -0.342. The van der Waals surface area contributed by atoms with E-state index in [4.69, 9.17) is 23.7 Å². The van der Waals surface area contributed by atoms with Crippen molar-refractivity contribution in [3.8, 4) is 24.1 Å². The predicted molar refractivity (Wildman–Crippen MR) is 96.5 cm³/mol. The Morgan fingerprint density at radius 3 is 1.52 bits per heavy atom. The van der Waals surface area contributed by atoms with Crippen molar-refractivity contribution in [3.05, 3.63) is 71.8 Å². The third kappa shape index (κ3) is 4.24. The molecule has 0 amide bonds. The van der Waals surface area contributed by atoms with Gasteiger partial charge in [-0.05, 0) is 11.1 Å². The van der Waals surface area contributed by atoms with Gasteiger partial charge in [-0.1, -0.05) is 60.7 Å². The molecule has 0 saturated heterocycles. The van der Waals surface area contributed by atoms with E-state index in [9.17, 15) is 0 Å². The highest BCUT2D eigenvalue weighted by molar-refractivity contribution is 5.25. The van der Waals surface area contributed by atoms with Crippen LogP contribution in [0.1, 0.15) is 11.1 Å². The molecule has 2 aliphatic heterocycles. The molecule has 2 heterocycles. The second-order valence-electron chi connectivity index (χ2n) is 6.20. The van der Waals surface area contributed by atoms with Crippen LogP contribution in [0.5, 0.6) is 0 Å². The van der Waals surface area contributed by atoms with E-state index in [2.05, 4.69) is 24.1 Å². The number of benzene rings is 2. The van der Waals surface area contributed by atoms with E-state index in [1.807, 2.05) is 60.7 Å². The molecule has 2 unspecified atom stereocenters. The van der Waals surface area contributed by atoms with Crippen LogP contribution in [0.25, 0.3) is 0 Å². The first-order chi connectivity index (χ1) is 13.3. The van der Waals surface area contributed by atoms with Gasteiger partial charge < -0.3 is 18.9 Å². The highest BCUT2D eigenvalue weighted by atomic mass is 16.8. The smallest absolute Gasteiger partial charge is 0.247 e. The molecule has 4 rings (SSSR count). The Labute approximate surface area is 158 Å². The van der Waals surface area contributed by atoms with Gasteiger partial charge >= 0.3 is 0 Å². The second kappa shape index (κ2) is 7.73. The molecule has 0 radical (unpaired) electrons. The molecule has 0 bridgehead atoms. The first-order valence-electron chi connectivity index (χ1n) is 8.62. The van der Waals surface area contributed by atoms with E-state index in [1.54, 1.807) is 0 Å². The van der Waals surface area contributed by atoms with Crippen molar-refractivity contribution >= 4 is 0 Å². The van der Waals surface area contributed by atoms with Crippen molar-refractivity contribution < 1.29 is 23.7 Å². The fraction of sp³-hybridized carbons (Fsp3) is 0.273. The molecule has 0 fully saturated rings. The highest BCUT2D eigenvalue weighted by Gasteiger charge is 2.45. The zero-order chi connectivity index (χ0) is 18.4. The first kappa shape index (κ1) is 17.5. The standard InChI is InChI=1S/C22H18O5/c1-3-7-19(8-4-1)15-21(11-13-23-17-25-21)27-22(12-14-24-18-26-22)16-20-9-5-2-6-10-20/h1-10H,15-18H2. The van der Waals surface area contributed by atoms with Crippen LogP contribution in [-0.2, 0) is 36.5 Å². The van der Waals surface area contributed by atoms with Crippen molar-refractivity contribution in [2.75, 3.05) is 13.6 Å². The van der Waals surface area contributed by atoms with Gasteiger partial charge in [0.2, 0.25) is 25.2 Å². The summed E-state index contributed by atoms with van der Waals surface area (Å²) in [6.07, 6.45) is 6.08. The van der Waals surface area contributed by atoms with Crippen LogP contribution in [-0.4, -0.2) is 25.2 Å². The molecular weight excluding hydrogens is 344 g/mol. The van der Waals surface area contributed by atoms with Crippen LogP contribution in [0.15, 0.2) is 60.7 Å². The lowest BCUT2D eigenvalue weighted by Crippen LogP contribution is -2.51. The van der Waals surface area contributed by atoms with Gasteiger partial charge in [0, 0.05) is 24.7 Å². The molecule has 5 nitrogen and oxygen atoms in total. The molecule has 0 saturated carbocycles. The van der Waals surface area contributed by atoms with Crippen LogP contribution in [0.2, 0.25) is 0 Å². The zero-order valence-electron chi connectivity index (χ0n) is 14.6. The summed E-state index contributed by atoms with van der Waals surface area (Å²) >= 11 is 0. The van der Waals surface area contributed by atoms with Crippen molar-refractivity contribution in [2.24, 2.45) is 0 Å².